The number of carboxylic acid groups (broad SMARTS) is 1. The van der Waals surface area contributed by atoms with E-state index >= 15 is 0 Å². The van der Waals surface area contributed by atoms with Crippen molar-refractivity contribution in [1.82, 2.24) is 25.5 Å². The number of nitrogens with two attached hydrogens (primary N) is 1. The third kappa shape index (κ3) is 7.06. The van der Waals surface area contributed by atoms with Gasteiger partial charge in [0.05, 0.1) is 12.4 Å². The van der Waals surface area contributed by atoms with Crippen LogP contribution in [-0.2, 0) is 32.0 Å². The van der Waals surface area contributed by atoms with Crippen molar-refractivity contribution in [3.8, 4) is 0 Å². The molecule has 188 valence electrons. The Bertz CT molecular complexity index is 1020. The molecule has 0 radical (unpaired) electrons. The van der Waals surface area contributed by atoms with Crippen LogP contribution in [0.2, 0.25) is 0 Å². The zero-order valence-corrected chi connectivity index (χ0v) is 20.0. The van der Waals surface area contributed by atoms with E-state index < -0.39 is 42.0 Å². The number of carbonyl (C=O) groups excluding carboxylic acids is 3. The monoisotopic (exact) mass is 502 g/mol. The van der Waals surface area contributed by atoms with Gasteiger partial charge in [0.2, 0.25) is 17.7 Å². The van der Waals surface area contributed by atoms with Gasteiger partial charge in [-0.2, -0.15) is 12.6 Å². The van der Waals surface area contributed by atoms with E-state index in [0.29, 0.717) is 25.1 Å². The molecule has 1 saturated heterocycles. The van der Waals surface area contributed by atoms with Crippen LogP contribution in [-0.4, -0.2) is 80.1 Å². The molecular weight excluding hydrogens is 472 g/mol. The molecule has 4 atom stereocenters. The number of carboxylic acids is 1. The van der Waals surface area contributed by atoms with E-state index in [1.54, 1.807) is 24.3 Å². The van der Waals surface area contributed by atoms with Gasteiger partial charge in [-0.25, -0.2) is 9.78 Å². The summed E-state index contributed by atoms with van der Waals surface area (Å²) >= 11 is 4.06. The third-order valence-corrected chi connectivity index (χ3v) is 6.25. The molecule has 1 aliphatic heterocycles. The van der Waals surface area contributed by atoms with Gasteiger partial charge in [-0.15, -0.1) is 0 Å². The van der Waals surface area contributed by atoms with Crippen LogP contribution in [0, 0.1) is 0 Å². The normalized spacial score (nSPS) is 17.9. The van der Waals surface area contributed by atoms with Gasteiger partial charge in [-0.1, -0.05) is 30.3 Å². The smallest absolute Gasteiger partial charge is 0.326 e. The first-order valence-electron chi connectivity index (χ1n) is 11.3. The minimum atomic E-state index is -1.19. The molecule has 0 aliphatic carbocycles. The van der Waals surface area contributed by atoms with Gasteiger partial charge in [-0.05, 0) is 18.4 Å². The second-order valence-electron chi connectivity index (χ2n) is 8.41. The maximum Gasteiger partial charge on any atom is 0.326 e. The van der Waals surface area contributed by atoms with Crippen LogP contribution in [0.25, 0.3) is 0 Å². The molecule has 0 bridgehead atoms. The van der Waals surface area contributed by atoms with Crippen molar-refractivity contribution in [2.45, 2.75) is 49.9 Å². The lowest BCUT2D eigenvalue weighted by Gasteiger charge is -2.28. The highest BCUT2D eigenvalue weighted by molar-refractivity contribution is 7.80. The van der Waals surface area contributed by atoms with Crippen LogP contribution in [0.1, 0.15) is 24.1 Å². The Morgan fingerprint density at radius 3 is 2.54 bits per heavy atom. The summed E-state index contributed by atoms with van der Waals surface area (Å²) in [6, 6.07) is 5.04. The lowest BCUT2D eigenvalue weighted by molar-refractivity contribution is -0.143. The number of likely N-dealkylation sites (tertiary alicyclic amines) is 1. The number of imidazole rings is 1. The fourth-order valence-electron chi connectivity index (χ4n) is 4.01. The topological polar surface area (TPSA) is 171 Å². The van der Waals surface area contributed by atoms with Crippen molar-refractivity contribution in [3.05, 3.63) is 54.1 Å². The average Bonchev–Trinajstić information content (AvgIpc) is 3.55. The summed E-state index contributed by atoms with van der Waals surface area (Å²) in [4.78, 5) is 58.9. The number of carbonyl (C=O) groups is 4. The Labute approximate surface area is 208 Å². The maximum atomic E-state index is 13.2. The molecule has 12 heteroatoms. The largest absolute Gasteiger partial charge is 0.480 e. The van der Waals surface area contributed by atoms with Crippen LogP contribution in [0.4, 0.5) is 0 Å². The molecule has 3 rings (SSSR count). The summed E-state index contributed by atoms with van der Waals surface area (Å²) in [5.74, 6) is -2.58. The number of aromatic nitrogens is 2. The van der Waals surface area contributed by atoms with Gasteiger partial charge >= 0.3 is 5.97 Å². The summed E-state index contributed by atoms with van der Waals surface area (Å²) in [7, 11) is 0. The molecule has 11 nitrogen and oxygen atoms in total. The van der Waals surface area contributed by atoms with Crippen molar-refractivity contribution in [1.29, 1.82) is 0 Å². The zero-order chi connectivity index (χ0) is 25.4. The van der Waals surface area contributed by atoms with E-state index in [1.165, 1.54) is 17.4 Å². The standard InChI is InChI=1S/C23H30N6O5S/c24-16(12-35)22(32)29-8-4-7-19(29)21(31)27-17(10-15-11-25-13-26-15)20(30)28-18(23(33)34)9-14-5-2-1-3-6-14/h1-3,5-6,11,13,16-19,35H,4,7-10,12,24H2,(H,25,26)(H,27,31)(H,28,30)(H,33,34). The van der Waals surface area contributed by atoms with Crippen molar-refractivity contribution in [2.75, 3.05) is 12.3 Å². The fraction of sp³-hybridized carbons (Fsp3) is 0.435. The molecule has 1 aliphatic rings. The van der Waals surface area contributed by atoms with Gasteiger partial charge < -0.3 is 31.4 Å². The molecular formula is C23H30N6O5S. The Morgan fingerprint density at radius 2 is 1.91 bits per heavy atom. The molecule has 1 aromatic carbocycles. The van der Waals surface area contributed by atoms with Gasteiger partial charge in [-0.3, -0.25) is 14.4 Å². The van der Waals surface area contributed by atoms with Gasteiger partial charge in [0.15, 0.2) is 0 Å². The predicted octanol–water partition coefficient (Wildman–Crippen LogP) is -0.503. The Hall–Kier alpha value is -3.38. The van der Waals surface area contributed by atoms with Crippen LogP contribution in [0.3, 0.4) is 0 Å². The fourth-order valence-corrected chi connectivity index (χ4v) is 4.17. The number of benzene rings is 1. The molecule has 4 unspecified atom stereocenters. The van der Waals surface area contributed by atoms with Crippen LogP contribution >= 0.6 is 12.6 Å². The maximum absolute atomic E-state index is 13.2. The van der Waals surface area contributed by atoms with Crippen LogP contribution in [0.15, 0.2) is 42.9 Å². The summed E-state index contributed by atoms with van der Waals surface area (Å²) in [6.45, 7) is 0.383. The molecule has 0 saturated carbocycles. The van der Waals surface area contributed by atoms with E-state index in [0.717, 1.165) is 5.56 Å². The van der Waals surface area contributed by atoms with Gasteiger partial charge in [0, 0.05) is 37.0 Å². The summed E-state index contributed by atoms with van der Waals surface area (Å²) < 4.78 is 0. The molecule has 2 heterocycles. The number of hydrogen-bond donors (Lipinski definition) is 6. The zero-order valence-electron chi connectivity index (χ0n) is 19.1. The predicted molar refractivity (Wildman–Crippen MR) is 130 cm³/mol. The first kappa shape index (κ1) is 26.2. The van der Waals surface area contributed by atoms with Gasteiger partial charge in [0.25, 0.3) is 0 Å². The van der Waals surface area contributed by atoms with E-state index in [9.17, 15) is 24.3 Å². The number of nitrogens with zero attached hydrogens (tertiary/aromatic N) is 2. The number of thiol groups is 1. The number of H-pyrrole nitrogens is 1. The van der Waals surface area contributed by atoms with Crippen LogP contribution in [0.5, 0.6) is 0 Å². The first-order chi connectivity index (χ1) is 16.8. The number of aromatic amines is 1. The van der Waals surface area contributed by atoms with E-state index in [-0.39, 0.29) is 24.5 Å². The summed E-state index contributed by atoms with van der Waals surface area (Å²) in [5.41, 5.74) is 7.14. The van der Waals surface area contributed by atoms with E-state index in [2.05, 4.69) is 33.2 Å². The lowest BCUT2D eigenvalue weighted by atomic mass is 10.0. The molecule has 1 aromatic heterocycles. The van der Waals surface area contributed by atoms with Crippen molar-refractivity contribution in [2.24, 2.45) is 5.73 Å². The molecule has 35 heavy (non-hydrogen) atoms. The highest BCUT2D eigenvalue weighted by atomic mass is 32.1. The van der Waals surface area contributed by atoms with Crippen LogP contribution < -0.4 is 16.4 Å². The Balaban J connectivity index is 1.74. The SMILES string of the molecule is NC(CS)C(=O)N1CCCC1C(=O)NC(Cc1cnc[nH]1)C(=O)NC(Cc1ccccc1)C(=O)O. The first-order valence-corrected chi connectivity index (χ1v) is 11.9. The average molecular weight is 503 g/mol. The highest BCUT2D eigenvalue weighted by Crippen LogP contribution is 2.19. The minimum absolute atomic E-state index is 0.0616. The van der Waals surface area contributed by atoms with E-state index in [4.69, 9.17) is 5.73 Å². The quantitative estimate of drug-likeness (QED) is 0.225. The second kappa shape index (κ2) is 12.4. The Kier molecular flexibility index (Phi) is 9.26. The van der Waals surface area contributed by atoms with E-state index in [1.807, 2.05) is 6.07 Å². The van der Waals surface area contributed by atoms with Crippen molar-refractivity contribution >= 4 is 36.3 Å². The minimum Gasteiger partial charge on any atom is -0.480 e. The molecule has 3 amide bonds. The number of rotatable bonds is 11. The number of amides is 3. The van der Waals surface area contributed by atoms with Crippen molar-refractivity contribution in [3.63, 3.8) is 0 Å². The Morgan fingerprint density at radius 1 is 1.17 bits per heavy atom. The molecule has 0 spiro atoms. The van der Waals surface area contributed by atoms with Crippen molar-refractivity contribution < 1.29 is 24.3 Å². The highest BCUT2D eigenvalue weighted by Gasteiger charge is 2.37. The molecule has 2 aromatic rings. The third-order valence-electron chi connectivity index (χ3n) is 5.86. The molecule has 6 N–H and O–H groups in total. The number of nitrogens with one attached hydrogen (secondary N) is 3. The number of hydrogen-bond acceptors (Lipinski definition) is 7. The lowest BCUT2D eigenvalue weighted by Crippen LogP contribution is -2.57. The summed E-state index contributed by atoms with van der Waals surface area (Å²) in [5, 5.41) is 14.9. The second-order valence-corrected chi connectivity index (χ2v) is 8.78. The molecule has 1 fully saturated rings. The van der Waals surface area contributed by atoms with Gasteiger partial charge in [0.1, 0.15) is 18.1 Å². The summed E-state index contributed by atoms with van der Waals surface area (Å²) in [6.07, 6.45) is 4.16. The number of aliphatic carboxylic acids is 1.